The van der Waals surface area contributed by atoms with Crippen LogP contribution in [0.4, 0.5) is 4.79 Å². The van der Waals surface area contributed by atoms with Crippen molar-refractivity contribution in [1.29, 1.82) is 0 Å². The number of imide groups is 1. The highest BCUT2D eigenvalue weighted by atomic mass is 32.2. The van der Waals surface area contributed by atoms with E-state index in [1.54, 1.807) is 54.6 Å². The Morgan fingerprint density at radius 2 is 1.65 bits per heavy atom. The van der Waals surface area contributed by atoms with Crippen molar-refractivity contribution in [3.63, 3.8) is 0 Å². The van der Waals surface area contributed by atoms with Crippen LogP contribution >= 0.6 is 0 Å². The predicted molar refractivity (Wildman–Crippen MR) is 134 cm³/mol. The number of nitrogens with zero attached hydrogens (tertiary/aromatic N) is 3. The second-order valence-corrected chi connectivity index (χ2v) is 10.6. The summed E-state index contributed by atoms with van der Waals surface area (Å²) in [6, 6.07) is 17.1. The van der Waals surface area contributed by atoms with E-state index < -0.39 is 34.0 Å². The van der Waals surface area contributed by atoms with Crippen LogP contribution < -0.4 is 5.32 Å². The van der Waals surface area contributed by atoms with Crippen LogP contribution in [-0.4, -0.2) is 58.1 Å². The number of fused-ring (bicyclic) bond motifs is 2. The Hall–Kier alpha value is -4.51. The van der Waals surface area contributed by atoms with Gasteiger partial charge in [0.25, 0.3) is 21.8 Å². The maximum absolute atomic E-state index is 13.1. The third kappa shape index (κ3) is 4.45. The predicted octanol–water partition coefficient (Wildman–Crippen LogP) is 3.06. The summed E-state index contributed by atoms with van der Waals surface area (Å²) in [5, 5.41) is 16.4. The van der Waals surface area contributed by atoms with E-state index in [0.717, 1.165) is 14.6 Å². The van der Waals surface area contributed by atoms with Crippen molar-refractivity contribution < 1.29 is 27.9 Å². The molecule has 3 aromatic carbocycles. The highest BCUT2D eigenvalue weighted by Crippen LogP contribution is 2.25. The first-order valence-electron chi connectivity index (χ1n) is 11.4. The van der Waals surface area contributed by atoms with Crippen molar-refractivity contribution in [1.82, 2.24) is 19.4 Å². The van der Waals surface area contributed by atoms with Crippen LogP contribution in [0.2, 0.25) is 0 Å². The van der Waals surface area contributed by atoms with E-state index in [1.165, 1.54) is 18.3 Å². The highest BCUT2D eigenvalue weighted by molar-refractivity contribution is 7.90. The summed E-state index contributed by atoms with van der Waals surface area (Å²) in [6.07, 6.45) is 0.291. The molecule has 0 bridgehead atoms. The quantitative estimate of drug-likeness (QED) is 0.359. The van der Waals surface area contributed by atoms with Gasteiger partial charge in [0.1, 0.15) is 0 Å². The van der Waals surface area contributed by atoms with Gasteiger partial charge in [-0.25, -0.2) is 4.79 Å². The molecule has 1 atom stereocenters. The number of hydrogen-bond donors (Lipinski definition) is 2. The molecule has 2 heterocycles. The third-order valence-electron chi connectivity index (χ3n) is 6.24. The van der Waals surface area contributed by atoms with Crippen LogP contribution in [0.5, 0.6) is 0 Å². The number of nitrogens with one attached hydrogen (secondary N) is 1. The monoisotopic (exact) mass is 518 g/mol. The molecule has 10 nitrogen and oxygen atoms in total. The van der Waals surface area contributed by atoms with Gasteiger partial charge in [0, 0.05) is 5.39 Å². The molecule has 0 fully saturated rings. The standard InChI is InChI=1S/C26H22N4O6S/c1-16-6-9-20(10-7-16)37(35,36)30-23-11-8-17(12-18(23)14-27-30)13-19(28-26(33)34)15-29-24(31)21-4-2-3-5-22(21)25(29)32/h2-12,14,19,28H,13,15H2,1H3,(H,33,34). The zero-order valence-electron chi connectivity index (χ0n) is 19.7. The number of rotatable bonds is 7. The molecule has 37 heavy (non-hydrogen) atoms. The van der Waals surface area contributed by atoms with Crippen LogP contribution in [-0.2, 0) is 16.4 Å². The lowest BCUT2D eigenvalue weighted by atomic mass is 10.0. The van der Waals surface area contributed by atoms with Crippen molar-refractivity contribution in [2.75, 3.05) is 6.54 Å². The van der Waals surface area contributed by atoms with E-state index in [2.05, 4.69) is 10.4 Å². The van der Waals surface area contributed by atoms with Crippen molar-refractivity contribution in [3.8, 4) is 0 Å². The van der Waals surface area contributed by atoms with Crippen molar-refractivity contribution in [2.24, 2.45) is 0 Å². The fourth-order valence-corrected chi connectivity index (χ4v) is 5.71. The average molecular weight is 519 g/mol. The molecule has 0 saturated carbocycles. The molecule has 0 radical (unpaired) electrons. The molecule has 4 aromatic rings. The van der Waals surface area contributed by atoms with E-state index >= 15 is 0 Å². The van der Waals surface area contributed by atoms with Crippen LogP contribution in [0.3, 0.4) is 0 Å². The largest absolute Gasteiger partial charge is 0.465 e. The lowest BCUT2D eigenvalue weighted by molar-refractivity contribution is 0.0636. The molecule has 5 rings (SSSR count). The average Bonchev–Trinajstić information content (AvgIpc) is 3.39. The smallest absolute Gasteiger partial charge is 0.404 e. The van der Waals surface area contributed by atoms with Gasteiger partial charge in [0.15, 0.2) is 0 Å². The van der Waals surface area contributed by atoms with E-state index in [-0.39, 0.29) is 29.0 Å². The summed E-state index contributed by atoms with van der Waals surface area (Å²) in [6.45, 7) is 1.71. The van der Waals surface area contributed by atoms with Crippen molar-refractivity contribution >= 4 is 38.8 Å². The second-order valence-electron chi connectivity index (χ2n) is 8.82. The summed E-state index contributed by atoms with van der Waals surface area (Å²) in [7, 11) is -3.91. The minimum absolute atomic E-state index is 0.110. The Morgan fingerprint density at radius 1 is 1.00 bits per heavy atom. The molecule has 0 saturated heterocycles. The van der Waals surface area contributed by atoms with Crippen molar-refractivity contribution in [2.45, 2.75) is 24.3 Å². The summed E-state index contributed by atoms with van der Waals surface area (Å²) in [4.78, 5) is 38.1. The van der Waals surface area contributed by atoms with Crippen LogP contribution in [0, 0.1) is 6.92 Å². The van der Waals surface area contributed by atoms with Gasteiger partial charge in [0.2, 0.25) is 0 Å². The molecule has 1 aromatic heterocycles. The van der Waals surface area contributed by atoms with Gasteiger partial charge in [0.05, 0.1) is 40.3 Å². The number of carbonyl (C=O) groups is 3. The lowest BCUT2D eigenvalue weighted by Gasteiger charge is -2.22. The second kappa shape index (κ2) is 9.17. The molecule has 188 valence electrons. The van der Waals surface area contributed by atoms with E-state index in [1.807, 2.05) is 6.92 Å². The zero-order chi connectivity index (χ0) is 26.3. The number of hydrogen-bond acceptors (Lipinski definition) is 6. The minimum Gasteiger partial charge on any atom is -0.465 e. The van der Waals surface area contributed by atoms with Gasteiger partial charge in [-0.3, -0.25) is 14.5 Å². The number of benzene rings is 3. The Bertz CT molecular complexity index is 1630. The van der Waals surface area contributed by atoms with Gasteiger partial charge in [-0.05, 0) is 55.3 Å². The number of aryl methyl sites for hydroxylation is 1. The molecule has 0 aliphatic carbocycles. The number of amides is 3. The van der Waals surface area contributed by atoms with Gasteiger partial charge >= 0.3 is 6.09 Å². The number of aromatic nitrogens is 2. The van der Waals surface area contributed by atoms with E-state index in [4.69, 9.17) is 0 Å². The molecular formula is C26H22N4O6S. The maximum atomic E-state index is 13.1. The van der Waals surface area contributed by atoms with Gasteiger partial charge in [-0.15, -0.1) is 0 Å². The molecule has 3 amide bonds. The summed E-state index contributed by atoms with van der Waals surface area (Å²) >= 11 is 0. The summed E-state index contributed by atoms with van der Waals surface area (Å²) in [5.74, 6) is -0.952. The SMILES string of the molecule is Cc1ccc(S(=O)(=O)n2ncc3cc(CC(CN4C(=O)c5ccccc5C4=O)NC(=O)O)ccc32)cc1. The van der Waals surface area contributed by atoms with Crippen molar-refractivity contribution in [3.05, 3.63) is 95.2 Å². The molecule has 11 heteroatoms. The first kappa shape index (κ1) is 24.2. The molecule has 0 spiro atoms. The first-order valence-corrected chi connectivity index (χ1v) is 12.8. The van der Waals surface area contributed by atoms with Gasteiger partial charge in [-0.1, -0.05) is 35.9 Å². The molecule has 1 unspecified atom stereocenters. The number of carbonyl (C=O) groups excluding carboxylic acids is 2. The third-order valence-corrected chi connectivity index (χ3v) is 7.85. The highest BCUT2D eigenvalue weighted by Gasteiger charge is 2.36. The topological polar surface area (TPSA) is 139 Å². The van der Waals surface area contributed by atoms with Gasteiger partial charge < -0.3 is 10.4 Å². The summed E-state index contributed by atoms with van der Waals surface area (Å²) < 4.78 is 27.2. The van der Waals surface area contributed by atoms with Crippen LogP contribution in [0.1, 0.15) is 31.8 Å². The fraction of sp³-hybridized carbons (Fsp3) is 0.154. The lowest BCUT2D eigenvalue weighted by Crippen LogP contribution is -2.46. The minimum atomic E-state index is -3.91. The van der Waals surface area contributed by atoms with Crippen LogP contribution in [0.25, 0.3) is 10.9 Å². The van der Waals surface area contributed by atoms with E-state index in [9.17, 15) is 27.9 Å². The Labute approximate surface area is 212 Å². The Morgan fingerprint density at radius 3 is 2.27 bits per heavy atom. The Balaban J connectivity index is 1.40. The van der Waals surface area contributed by atoms with Crippen LogP contribution in [0.15, 0.2) is 77.8 Å². The first-order chi connectivity index (χ1) is 17.6. The Kier molecular flexibility index (Phi) is 6.00. The molecule has 1 aliphatic heterocycles. The molecular weight excluding hydrogens is 496 g/mol. The fourth-order valence-electron chi connectivity index (χ4n) is 4.43. The zero-order valence-corrected chi connectivity index (χ0v) is 20.5. The number of carboxylic acid groups (broad SMARTS) is 1. The summed E-state index contributed by atoms with van der Waals surface area (Å²) in [5.41, 5.74) is 2.54. The molecule has 2 N–H and O–H groups in total. The normalized spacial score (nSPS) is 14.1. The maximum Gasteiger partial charge on any atom is 0.404 e. The van der Waals surface area contributed by atoms with E-state index in [0.29, 0.717) is 16.5 Å². The molecule has 1 aliphatic rings. The van der Waals surface area contributed by atoms with Gasteiger partial charge in [-0.2, -0.15) is 17.6 Å².